The largest absolute Gasteiger partial charge is 0.392 e. The van der Waals surface area contributed by atoms with Gasteiger partial charge < -0.3 is 14.9 Å². The molecule has 9 nitrogen and oxygen atoms in total. The molecule has 1 N–H and O–H groups in total. The maximum absolute atomic E-state index is 12.9. The summed E-state index contributed by atoms with van der Waals surface area (Å²) in [7, 11) is 0. The third-order valence-electron chi connectivity index (χ3n) is 5.84. The summed E-state index contributed by atoms with van der Waals surface area (Å²) < 4.78 is 4.67. The summed E-state index contributed by atoms with van der Waals surface area (Å²) in [5.74, 6) is 0.573. The van der Waals surface area contributed by atoms with Gasteiger partial charge in [0, 0.05) is 37.8 Å². The highest BCUT2D eigenvalue weighted by Gasteiger charge is 2.47. The maximum atomic E-state index is 12.9. The minimum atomic E-state index is -0.491. The number of rotatable bonds is 2. The van der Waals surface area contributed by atoms with E-state index in [-0.39, 0.29) is 11.6 Å². The van der Waals surface area contributed by atoms with Crippen LogP contribution in [0.5, 0.6) is 0 Å². The number of hydrogen-bond donors (Lipinski definition) is 1. The van der Waals surface area contributed by atoms with E-state index in [2.05, 4.69) is 30.9 Å². The van der Waals surface area contributed by atoms with Crippen LogP contribution in [0.1, 0.15) is 41.0 Å². The van der Waals surface area contributed by atoms with Crippen LogP contribution in [0.3, 0.4) is 0 Å². The van der Waals surface area contributed by atoms with E-state index < -0.39 is 11.5 Å². The van der Waals surface area contributed by atoms with Gasteiger partial charge in [0.1, 0.15) is 17.6 Å². The van der Waals surface area contributed by atoms with Gasteiger partial charge >= 0.3 is 0 Å². The Hall–Kier alpha value is -2.99. The third-order valence-corrected chi connectivity index (χ3v) is 5.84. The number of likely N-dealkylation sites (tertiary alicyclic amines) is 1. The molecule has 1 amide bonds. The molecule has 1 spiro atoms. The Kier molecular flexibility index (Phi) is 4.73. The lowest BCUT2D eigenvalue weighted by molar-refractivity contribution is -0.0364. The summed E-state index contributed by atoms with van der Waals surface area (Å²) in [6, 6.07) is 5.65. The van der Waals surface area contributed by atoms with Gasteiger partial charge in [0.15, 0.2) is 5.69 Å². The number of aliphatic hydroxyl groups excluding tert-OH is 1. The fourth-order valence-electron chi connectivity index (χ4n) is 4.29. The van der Waals surface area contributed by atoms with Crippen molar-refractivity contribution in [1.29, 1.82) is 5.26 Å². The number of amides is 1. The Morgan fingerprint density at radius 2 is 2.21 bits per heavy atom. The summed E-state index contributed by atoms with van der Waals surface area (Å²) in [6.45, 7) is 4.05. The molecule has 0 bridgehead atoms. The van der Waals surface area contributed by atoms with E-state index >= 15 is 0 Å². The molecule has 2 aliphatic rings. The molecule has 2 fully saturated rings. The Morgan fingerprint density at radius 1 is 1.36 bits per heavy atom. The minimum absolute atomic E-state index is 0.210. The maximum Gasteiger partial charge on any atom is 0.278 e. The van der Waals surface area contributed by atoms with Gasteiger partial charge in [0.25, 0.3) is 5.91 Å². The van der Waals surface area contributed by atoms with Crippen LogP contribution in [-0.2, 0) is 0 Å². The first-order chi connectivity index (χ1) is 13.5. The number of nitriles is 1. The van der Waals surface area contributed by atoms with Crippen molar-refractivity contribution in [2.75, 3.05) is 31.1 Å². The summed E-state index contributed by atoms with van der Waals surface area (Å²) in [5, 5.41) is 27.2. The molecule has 2 atom stereocenters. The summed E-state index contributed by atoms with van der Waals surface area (Å²) in [5.41, 5.74) is 0.791. The zero-order valence-electron chi connectivity index (χ0n) is 15.7. The number of hydrogen-bond acceptors (Lipinski definition) is 8. The van der Waals surface area contributed by atoms with E-state index in [4.69, 9.17) is 5.26 Å². The fraction of sp³-hybridized carbons (Fsp3) is 0.526. The van der Waals surface area contributed by atoms with E-state index in [1.807, 2.05) is 6.07 Å². The van der Waals surface area contributed by atoms with E-state index in [9.17, 15) is 9.90 Å². The molecule has 2 aromatic heterocycles. The van der Waals surface area contributed by atoms with Crippen molar-refractivity contribution in [3.8, 4) is 6.07 Å². The highest BCUT2D eigenvalue weighted by atomic mass is 16.6. The zero-order chi connectivity index (χ0) is 19.7. The van der Waals surface area contributed by atoms with E-state index in [0.29, 0.717) is 43.9 Å². The second kappa shape index (κ2) is 7.20. The topological polar surface area (TPSA) is 119 Å². The minimum Gasteiger partial charge on any atom is -0.392 e. The van der Waals surface area contributed by atoms with Crippen molar-refractivity contribution in [2.24, 2.45) is 5.41 Å². The molecule has 0 unspecified atom stereocenters. The van der Waals surface area contributed by atoms with Gasteiger partial charge in [-0.1, -0.05) is 5.16 Å². The summed E-state index contributed by atoms with van der Waals surface area (Å²) in [6.07, 6.45) is 3.32. The van der Waals surface area contributed by atoms with Crippen LogP contribution in [0.15, 0.2) is 23.0 Å². The predicted molar refractivity (Wildman–Crippen MR) is 98.4 cm³/mol. The van der Waals surface area contributed by atoms with E-state index in [1.165, 1.54) is 0 Å². The Balaban J connectivity index is 1.55. The molecule has 4 heterocycles. The number of piperidine rings is 2. The number of carbonyl (C=O) groups excluding carboxylic acids is 1. The number of carbonyl (C=O) groups is 1. The lowest BCUT2D eigenvalue weighted by Gasteiger charge is -2.51. The second-order valence-corrected chi connectivity index (χ2v) is 7.63. The van der Waals surface area contributed by atoms with Gasteiger partial charge in [0.2, 0.25) is 0 Å². The van der Waals surface area contributed by atoms with Crippen molar-refractivity contribution in [2.45, 2.75) is 32.3 Å². The lowest BCUT2D eigenvalue weighted by Crippen LogP contribution is -2.60. The van der Waals surface area contributed by atoms with Crippen LogP contribution in [0.2, 0.25) is 0 Å². The summed E-state index contributed by atoms with van der Waals surface area (Å²) >= 11 is 0. The number of nitrogens with zero attached hydrogens (tertiary/aromatic N) is 6. The molecule has 9 heteroatoms. The molecule has 2 aliphatic heterocycles. The Labute approximate surface area is 162 Å². The molecular weight excluding hydrogens is 360 g/mol. The highest BCUT2D eigenvalue weighted by molar-refractivity contribution is 5.93. The molecular formula is C19H22N6O3. The van der Waals surface area contributed by atoms with Gasteiger partial charge in [-0.25, -0.2) is 9.61 Å². The number of pyridine rings is 1. The van der Waals surface area contributed by atoms with Crippen LogP contribution in [0.4, 0.5) is 5.82 Å². The standard InChI is InChI=1S/C19H22N6O3/c1-13-17(23-28-22-13)18(27)25-7-2-6-19(12-25)11-24(8-5-15(19)26)16-4-3-14(9-20)10-21-16/h3-4,10,15,26H,2,5-8,11-12H2,1H3/t15-,19-/m1/s1. The Morgan fingerprint density at radius 3 is 2.89 bits per heavy atom. The van der Waals surface area contributed by atoms with Crippen molar-refractivity contribution >= 4 is 11.7 Å². The second-order valence-electron chi connectivity index (χ2n) is 7.63. The molecule has 0 saturated carbocycles. The number of aliphatic hydroxyl groups is 1. The normalized spacial score (nSPS) is 25.0. The zero-order valence-corrected chi connectivity index (χ0v) is 15.7. The van der Waals surface area contributed by atoms with Gasteiger partial charge in [0.05, 0.1) is 11.7 Å². The Bertz CT molecular complexity index is 905. The van der Waals surface area contributed by atoms with Crippen molar-refractivity contribution in [3.05, 3.63) is 35.3 Å². The van der Waals surface area contributed by atoms with Gasteiger partial charge in [-0.3, -0.25) is 4.79 Å². The molecule has 4 rings (SSSR count). The van der Waals surface area contributed by atoms with Crippen LogP contribution in [-0.4, -0.2) is 63.5 Å². The van der Waals surface area contributed by atoms with Crippen LogP contribution in [0.25, 0.3) is 0 Å². The summed E-state index contributed by atoms with van der Waals surface area (Å²) in [4.78, 5) is 21.1. The van der Waals surface area contributed by atoms with E-state index in [1.54, 1.807) is 24.1 Å². The monoisotopic (exact) mass is 382 g/mol. The first-order valence-corrected chi connectivity index (χ1v) is 9.40. The number of anilines is 1. The lowest BCUT2D eigenvalue weighted by atomic mass is 9.71. The number of aryl methyl sites for hydroxylation is 1. The predicted octanol–water partition coefficient (Wildman–Crippen LogP) is 1.14. The van der Waals surface area contributed by atoms with E-state index in [0.717, 1.165) is 18.7 Å². The van der Waals surface area contributed by atoms with Gasteiger partial charge in [-0.05, 0) is 43.5 Å². The fourth-order valence-corrected chi connectivity index (χ4v) is 4.29. The molecule has 28 heavy (non-hydrogen) atoms. The quantitative estimate of drug-likeness (QED) is 0.821. The number of aromatic nitrogens is 3. The SMILES string of the molecule is Cc1nonc1C(=O)N1CCC[C@]2(C1)CN(c1ccc(C#N)cn1)CC[C@H]2O. The smallest absolute Gasteiger partial charge is 0.278 e. The highest BCUT2D eigenvalue weighted by Crippen LogP contribution is 2.40. The first-order valence-electron chi connectivity index (χ1n) is 9.40. The molecule has 146 valence electrons. The molecule has 2 aromatic rings. The first kappa shape index (κ1) is 18.4. The van der Waals surface area contributed by atoms with Crippen molar-refractivity contribution < 1.29 is 14.5 Å². The third kappa shape index (κ3) is 3.20. The van der Waals surface area contributed by atoms with Crippen LogP contribution >= 0.6 is 0 Å². The molecule has 0 aromatic carbocycles. The van der Waals surface area contributed by atoms with Gasteiger partial charge in [-0.15, -0.1) is 0 Å². The average Bonchev–Trinajstić information content (AvgIpc) is 3.16. The molecule has 0 radical (unpaired) electrons. The van der Waals surface area contributed by atoms with Crippen molar-refractivity contribution in [1.82, 2.24) is 20.2 Å². The van der Waals surface area contributed by atoms with Crippen molar-refractivity contribution in [3.63, 3.8) is 0 Å². The average molecular weight is 382 g/mol. The van der Waals surface area contributed by atoms with Gasteiger partial charge in [-0.2, -0.15) is 5.26 Å². The molecule has 0 aliphatic carbocycles. The van der Waals surface area contributed by atoms with Crippen LogP contribution < -0.4 is 4.90 Å². The molecule has 2 saturated heterocycles. The van der Waals surface area contributed by atoms with Crippen LogP contribution in [0, 0.1) is 23.7 Å².